The van der Waals surface area contributed by atoms with E-state index < -0.39 is 0 Å². The molecule has 6 nitrogen and oxygen atoms in total. The zero-order chi connectivity index (χ0) is 21.1. The van der Waals surface area contributed by atoms with E-state index in [1.165, 1.54) is 0 Å². The van der Waals surface area contributed by atoms with E-state index >= 15 is 0 Å². The number of amides is 2. The standard InChI is InChI=1S/C24H26N4O2/c1-3-27(4-2)24(30)18-12-14-19(15-13-18)25-23(29)22-16-21(17-10-11-17)26-28(22)20-8-6-5-7-9-20/h5-9,12-17H,3-4,10-11H2,1-2H3,(H,25,29). The summed E-state index contributed by atoms with van der Waals surface area (Å²) < 4.78 is 1.71. The third kappa shape index (κ3) is 4.13. The van der Waals surface area contributed by atoms with Gasteiger partial charge in [0.25, 0.3) is 11.8 Å². The van der Waals surface area contributed by atoms with Gasteiger partial charge in [0.2, 0.25) is 0 Å². The number of rotatable bonds is 7. The van der Waals surface area contributed by atoms with Crippen LogP contribution in [-0.4, -0.2) is 39.6 Å². The Morgan fingerprint density at radius 2 is 1.70 bits per heavy atom. The average Bonchev–Trinajstić information content (AvgIpc) is 3.53. The molecule has 154 valence electrons. The van der Waals surface area contributed by atoms with E-state index in [1.54, 1.807) is 33.8 Å². The largest absolute Gasteiger partial charge is 0.339 e. The van der Waals surface area contributed by atoms with Gasteiger partial charge in [-0.25, -0.2) is 4.68 Å². The Morgan fingerprint density at radius 3 is 2.30 bits per heavy atom. The first-order chi connectivity index (χ1) is 14.6. The predicted molar refractivity (Wildman–Crippen MR) is 117 cm³/mol. The summed E-state index contributed by atoms with van der Waals surface area (Å²) in [7, 11) is 0. The first-order valence-corrected chi connectivity index (χ1v) is 10.5. The van der Waals surface area contributed by atoms with E-state index in [4.69, 9.17) is 0 Å². The van der Waals surface area contributed by atoms with Crippen molar-refractivity contribution in [2.45, 2.75) is 32.6 Å². The molecule has 0 unspecified atom stereocenters. The van der Waals surface area contributed by atoms with Crippen molar-refractivity contribution in [2.24, 2.45) is 0 Å². The van der Waals surface area contributed by atoms with Crippen LogP contribution in [0.1, 0.15) is 59.1 Å². The van der Waals surface area contributed by atoms with Crippen LogP contribution < -0.4 is 5.32 Å². The number of aromatic nitrogens is 2. The Bertz CT molecular complexity index is 1030. The third-order valence-corrected chi connectivity index (χ3v) is 5.40. The molecule has 0 aliphatic heterocycles. The molecule has 1 fully saturated rings. The second-order valence-electron chi connectivity index (χ2n) is 7.48. The number of carbonyl (C=O) groups excluding carboxylic acids is 2. The van der Waals surface area contributed by atoms with Crippen LogP contribution in [0.3, 0.4) is 0 Å². The van der Waals surface area contributed by atoms with Crippen molar-refractivity contribution in [3.8, 4) is 5.69 Å². The lowest BCUT2D eigenvalue weighted by molar-refractivity contribution is 0.0773. The summed E-state index contributed by atoms with van der Waals surface area (Å²) in [5.41, 5.74) is 3.58. The summed E-state index contributed by atoms with van der Waals surface area (Å²) in [4.78, 5) is 27.3. The van der Waals surface area contributed by atoms with Crippen LogP contribution in [0.25, 0.3) is 5.69 Å². The topological polar surface area (TPSA) is 67.2 Å². The molecule has 0 atom stereocenters. The van der Waals surface area contributed by atoms with E-state index in [0.29, 0.717) is 36.0 Å². The number of hydrogen-bond acceptors (Lipinski definition) is 3. The van der Waals surface area contributed by atoms with Crippen LogP contribution in [0.5, 0.6) is 0 Å². The molecule has 6 heteroatoms. The fourth-order valence-electron chi connectivity index (χ4n) is 3.49. The van der Waals surface area contributed by atoms with Crippen LogP contribution in [0, 0.1) is 0 Å². The molecule has 1 saturated carbocycles. The van der Waals surface area contributed by atoms with Gasteiger partial charge in [-0.1, -0.05) is 18.2 Å². The Balaban J connectivity index is 1.55. The van der Waals surface area contributed by atoms with Crippen molar-refractivity contribution in [3.63, 3.8) is 0 Å². The normalized spacial score (nSPS) is 13.1. The lowest BCUT2D eigenvalue weighted by Gasteiger charge is -2.18. The summed E-state index contributed by atoms with van der Waals surface area (Å²) in [6.07, 6.45) is 2.24. The van der Waals surface area contributed by atoms with Crippen LogP contribution in [0.2, 0.25) is 0 Å². The molecule has 2 amide bonds. The van der Waals surface area contributed by atoms with Gasteiger partial charge in [-0.15, -0.1) is 0 Å². The van der Waals surface area contributed by atoms with Gasteiger partial charge in [-0.2, -0.15) is 5.10 Å². The maximum atomic E-state index is 13.0. The molecule has 0 bridgehead atoms. The lowest BCUT2D eigenvalue weighted by Crippen LogP contribution is -2.30. The molecule has 1 aliphatic carbocycles. The minimum atomic E-state index is -0.221. The highest BCUT2D eigenvalue weighted by Gasteiger charge is 2.29. The molecule has 2 aromatic carbocycles. The summed E-state index contributed by atoms with van der Waals surface area (Å²) >= 11 is 0. The fraction of sp³-hybridized carbons (Fsp3) is 0.292. The Morgan fingerprint density at radius 1 is 1.03 bits per heavy atom. The van der Waals surface area contributed by atoms with Gasteiger partial charge >= 0.3 is 0 Å². The number of carbonyl (C=O) groups is 2. The zero-order valence-electron chi connectivity index (χ0n) is 17.3. The fourth-order valence-corrected chi connectivity index (χ4v) is 3.49. The molecule has 30 heavy (non-hydrogen) atoms. The molecular weight excluding hydrogens is 376 g/mol. The maximum absolute atomic E-state index is 13.0. The first kappa shape index (κ1) is 19.9. The second kappa shape index (κ2) is 8.53. The quantitative estimate of drug-likeness (QED) is 0.633. The molecule has 4 rings (SSSR count). The number of nitrogens with zero attached hydrogens (tertiary/aromatic N) is 3. The van der Waals surface area contributed by atoms with Gasteiger partial charge in [0, 0.05) is 30.3 Å². The molecule has 1 aromatic heterocycles. The minimum Gasteiger partial charge on any atom is -0.339 e. The van der Waals surface area contributed by atoms with Gasteiger partial charge in [-0.3, -0.25) is 9.59 Å². The second-order valence-corrected chi connectivity index (χ2v) is 7.48. The number of nitrogens with one attached hydrogen (secondary N) is 1. The van der Waals surface area contributed by atoms with Gasteiger partial charge in [0.15, 0.2) is 0 Å². The first-order valence-electron chi connectivity index (χ1n) is 10.5. The molecule has 0 radical (unpaired) electrons. The Kier molecular flexibility index (Phi) is 5.65. The number of para-hydroxylation sites is 1. The monoisotopic (exact) mass is 402 g/mol. The highest BCUT2D eigenvalue weighted by atomic mass is 16.2. The molecule has 0 spiro atoms. The molecule has 1 aliphatic rings. The average molecular weight is 402 g/mol. The number of benzene rings is 2. The smallest absolute Gasteiger partial charge is 0.274 e. The van der Waals surface area contributed by atoms with Crippen molar-refractivity contribution in [3.05, 3.63) is 77.6 Å². The molecular formula is C24H26N4O2. The molecule has 1 heterocycles. The maximum Gasteiger partial charge on any atom is 0.274 e. The minimum absolute atomic E-state index is 0.00546. The number of hydrogen-bond donors (Lipinski definition) is 1. The van der Waals surface area contributed by atoms with Crippen molar-refractivity contribution < 1.29 is 9.59 Å². The van der Waals surface area contributed by atoms with Gasteiger partial charge in [0.05, 0.1) is 11.4 Å². The van der Waals surface area contributed by atoms with E-state index in [1.807, 2.05) is 50.2 Å². The van der Waals surface area contributed by atoms with Crippen molar-refractivity contribution in [2.75, 3.05) is 18.4 Å². The van der Waals surface area contributed by atoms with Crippen LogP contribution >= 0.6 is 0 Å². The summed E-state index contributed by atoms with van der Waals surface area (Å²) in [5.74, 6) is 0.224. The summed E-state index contributed by atoms with van der Waals surface area (Å²) in [5, 5.41) is 7.63. The van der Waals surface area contributed by atoms with Crippen LogP contribution in [-0.2, 0) is 0 Å². The zero-order valence-corrected chi connectivity index (χ0v) is 17.3. The van der Waals surface area contributed by atoms with Crippen molar-refractivity contribution >= 4 is 17.5 Å². The molecule has 0 saturated heterocycles. The predicted octanol–water partition coefficient (Wildman–Crippen LogP) is 4.48. The Labute approximate surface area is 176 Å². The van der Waals surface area contributed by atoms with E-state index in [-0.39, 0.29) is 11.8 Å². The summed E-state index contributed by atoms with van der Waals surface area (Å²) in [6, 6.07) is 18.6. The molecule has 3 aromatic rings. The van der Waals surface area contributed by atoms with E-state index in [9.17, 15) is 9.59 Å². The van der Waals surface area contributed by atoms with Gasteiger partial charge in [0.1, 0.15) is 5.69 Å². The molecule has 1 N–H and O–H groups in total. The highest BCUT2D eigenvalue weighted by molar-refractivity contribution is 6.04. The van der Waals surface area contributed by atoms with Gasteiger partial charge in [-0.05, 0) is 69.2 Å². The van der Waals surface area contributed by atoms with Crippen molar-refractivity contribution in [1.82, 2.24) is 14.7 Å². The SMILES string of the molecule is CCN(CC)C(=O)c1ccc(NC(=O)c2cc(C3CC3)nn2-c2ccccc2)cc1. The highest BCUT2D eigenvalue weighted by Crippen LogP contribution is 2.39. The number of anilines is 1. The van der Waals surface area contributed by atoms with Crippen LogP contribution in [0.4, 0.5) is 5.69 Å². The summed E-state index contributed by atoms with van der Waals surface area (Å²) in [6.45, 7) is 5.25. The van der Waals surface area contributed by atoms with Crippen LogP contribution in [0.15, 0.2) is 60.7 Å². The van der Waals surface area contributed by atoms with E-state index in [2.05, 4.69) is 10.4 Å². The third-order valence-electron chi connectivity index (χ3n) is 5.40. The Hall–Kier alpha value is -3.41. The van der Waals surface area contributed by atoms with Crippen molar-refractivity contribution in [1.29, 1.82) is 0 Å². The van der Waals surface area contributed by atoms with Gasteiger partial charge < -0.3 is 10.2 Å². The lowest BCUT2D eigenvalue weighted by atomic mass is 10.1. The van der Waals surface area contributed by atoms with E-state index in [0.717, 1.165) is 24.2 Å².